The number of benzene rings is 3. The SMILES string of the molecule is O=C(CCn1nc(-c2ccccc2)c2ccccc2c1=O)Nc1ccc(Br)cc1. The normalized spacial score (nSPS) is 10.8. The van der Waals surface area contributed by atoms with E-state index < -0.39 is 0 Å². The summed E-state index contributed by atoms with van der Waals surface area (Å²) in [5, 5.41) is 8.82. The number of hydrogen-bond donors (Lipinski definition) is 1. The summed E-state index contributed by atoms with van der Waals surface area (Å²) in [5.74, 6) is -0.171. The molecule has 4 aromatic rings. The molecule has 1 amide bonds. The number of halogens is 1. The molecular formula is C23H18BrN3O2. The first-order valence-electron chi connectivity index (χ1n) is 9.22. The molecule has 0 unspecified atom stereocenters. The van der Waals surface area contributed by atoms with Crippen LogP contribution in [0.3, 0.4) is 0 Å². The average molecular weight is 448 g/mol. The number of aromatic nitrogens is 2. The van der Waals surface area contributed by atoms with Crippen molar-refractivity contribution in [3.05, 3.63) is 93.7 Å². The maximum absolute atomic E-state index is 12.9. The van der Waals surface area contributed by atoms with Crippen LogP contribution in [0.2, 0.25) is 0 Å². The molecule has 0 aliphatic heterocycles. The Balaban J connectivity index is 1.62. The van der Waals surface area contributed by atoms with Gasteiger partial charge in [-0.2, -0.15) is 5.10 Å². The summed E-state index contributed by atoms with van der Waals surface area (Å²) in [5.41, 5.74) is 2.17. The summed E-state index contributed by atoms with van der Waals surface area (Å²) in [6, 6.07) is 24.5. The van der Waals surface area contributed by atoms with Gasteiger partial charge in [-0.25, -0.2) is 4.68 Å². The summed E-state index contributed by atoms with van der Waals surface area (Å²) >= 11 is 3.37. The van der Waals surface area contributed by atoms with Gasteiger partial charge in [0.05, 0.1) is 17.6 Å². The van der Waals surface area contributed by atoms with E-state index >= 15 is 0 Å². The summed E-state index contributed by atoms with van der Waals surface area (Å²) in [4.78, 5) is 25.2. The van der Waals surface area contributed by atoms with Crippen LogP contribution >= 0.6 is 15.9 Å². The fraction of sp³-hybridized carbons (Fsp3) is 0.0870. The molecule has 6 heteroatoms. The lowest BCUT2D eigenvalue weighted by Gasteiger charge is -2.11. The van der Waals surface area contributed by atoms with Crippen LogP contribution in [-0.2, 0) is 11.3 Å². The van der Waals surface area contributed by atoms with Crippen molar-refractivity contribution in [3.8, 4) is 11.3 Å². The highest BCUT2D eigenvalue weighted by atomic mass is 79.9. The minimum absolute atomic E-state index is 0.148. The molecule has 1 aromatic heterocycles. The fourth-order valence-corrected chi connectivity index (χ4v) is 3.42. The maximum Gasteiger partial charge on any atom is 0.274 e. The first-order valence-corrected chi connectivity index (χ1v) is 10.0. The minimum atomic E-state index is -0.197. The molecule has 5 nitrogen and oxygen atoms in total. The van der Waals surface area contributed by atoms with Crippen LogP contribution < -0.4 is 10.9 Å². The van der Waals surface area contributed by atoms with E-state index in [1.165, 1.54) is 4.68 Å². The van der Waals surface area contributed by atoms with Gasteiger partial charge in [0.1, 0.15) is 0 Å². The zero-order chi connectivity index (χ0) is 20.2. The number of aryl methyl sites for hydroxylation is 1. The molecule has 0 saturated carbocycles. The minimum Gasteiger partial charge on any atom is -0.326 e. The van der Waals surface area contributed by atoms with Crippen LogP contribution in [-0.4, -0.2) is 15.7 Å². The van der Waals surface area contributed by atoms with Crippen LogP contribution in [0.25, 0.3) is 22.0 Å². The molecular weight excluding hydrogens is 430 g/mol. The zero-order valence-electron chi connectivity index (χ0n) is 15.5. The summed E-state index contributed by atoms with van der Waals surface area (Å²) in [6.07, 6.45) is 0.148. The Hall–Kier alpha value is -3.25. The first kappa shape index (κ1) is 19.1. The Labute approximate surface area is 176 Å². The van der Waals surface area contributed by atoms with Crippen molar-refractivity contribution in [1.82, 2.24) is 9.78 Å². The highest BCUT2D eigenvalue weighted by Gasteiger charge is 2.13. The summed E-state index contributed by atoms with van der Waals surface area (Å²) < 4.78 is 2.32. The number of hydrogen-bond acceptors (Lipinski definition) is 3. The van der Waals surface area contributed by atoms with E-state index in [1.807, 2.05) is 72.8 Å². The monoisotopic (exact) mass is 447 g/mol. The molecule has 0 bridgehead atoms. The van der Waals surface area contributed by atoms with Gasteiger partial charge >= 0.3 is 0 Å². The fourth-order valence-electron chi connectivity index (χ4n) is 3.16. The van der Waals surface area contributed by atoms with Gasteiger partial charge in [-0.05, 0) is 30.3 Å². The van der Waals surface area contributed by atoms with E-state index in [0.29, 0.717) is 11.1 Å². The van der Waals surface area contributed by atoms with E-state index in [1.54, 1.807) is 6.07 Å². The van der Waals surface area contributed by atoms with Gasteiger partial charge in [-0.15, -0.1) is 0 Å². The Morgan fingerprint density at radius 3 is 2.28 bits per heavy atom. The lowest BCUT2D eigenvalue weighted by atomic mass is 10.1. The van der Waals surface area contributed by atoms with Gasteiger partial charge in [-0.1, -0.05) is 64.5 Å². The Kier molecular flexibility index (Phi) is 5.53. The Bertz CT molecular complexity index is 1220. The van der Waals surface area contributed by atoms with Gasteiger partial charge in [-0.3, -0.25) is 9.59 Å². The molecule has 144 valence electrons. The van der Waals surface area contributed by atoms with Gasteiger partial charge < -0.3 is 5.32 Å². The molecule has 1 N–H and O–H groups in total. The maximum atomic E-state index is 12.9. The number of nitrogens with zero attached hydrogens (tertiary/aromatic N) is 2. The van der Waals surface area contributed by atoms with E-state index in [4.69, 9.17) is 0 Å². The van der Waals surface area contributed by atoms with Gasteiger partial charge in [0.2, 0.25) is 5.91 Å². The highest BCUT2D eigenvalue weighted by Crippen LogP contribution is 2.24. The first-order chi connectivity index (χ1) is 14.1. The van der Waals surface area contributed by atoms with Crippen LogP contribution in [0.4, 0.5) is 5.69 Å². The number of nitrogens with one attached hydrogen (secondary N) is 1. The molecule has 29 heavy (non-hydrogen) atoms. The molecule has 0 radical (unpaired) electrons. The van der Waals surface area contributed by atoms with E-state index in [9.17, 15) is 9.59 Å². The number of fused-ring (bicyclic) bond motifs is 1. The second-order valence-electron chi connectivity index (χ2n) is 6.59. The second kappa shape index (κ2) is 8.41. The number of rotatable bonds is 5. The largest absolute Gasteiger partial charge is 0.326 e. The van der Waals surface area contributed by atoms with E-state index in [-0.39, 0.29) is 24.4 Å². The number of anilines is 1. The number of carbonyl (C=O) groups excluding carboxylic acids is 1. The van der Waals surface area contributed by atoms with Crippen LogP contribution in [0.1, 0.15) is 6.42 Å². The van der Waals surface area contributed by atoms with Crippen LogP contribution in [0.5, 0.6) is 0 Å². The van der Waals surface area contributed by atoms with Crippen molar-refractivity contribution in [2.24, 2.45) is 0 Å². The molecule has 0 spiro atoms. The van der Waals surface area contributed by atoms with Gasteiger partial charge in [0.15, 0.2) is 0 Å². The molecule has 4 rings (SSSR count). The quantitative estimate of drug-likeness (QED) is 0.475. The topological polar surface area (TPSA) is 64.0 Å². The molecule has 0 saturated heterocycles. The third-order valence-electron chi connectivity index (χ3n) is 4.59. The smallest absolute Gasteiger partial charge is 0.274 e. The van der Waals surface area contributed by atoms with Crippen LogP contribution in [0, 0.1) is 0 Å². The highest BCUT2D eigenvalue weighted by molar-refractivity contribution is 9.10. The van der Waals surface area contributed by atoms with Crippen molar-refractivity contribution in [3.63, 3.8) is 0 Å². The summed E-state index contributed by atoms with van der Waals surface area (Å²) in [7, 11) is 0. The third-order valence-corrected chi connectivity index (χ3v) is 5.12. The molecule has 0 aliphatic rings. The average Bonchev–Trinajstić information content (AvgIpc) is 2.76. The van der Waals surface area contributed by atoms with Crippen molar-refractivity contribution < 1.29 is 4.79 Å². The molecule has 1 heterocycles. The second-order valence-corrected chi connectivity index (χ2v) is 7.51. The predicted octanol–water partition coefficient (Wildman–Crippen LogP) is 4.85. The van der Waals surface area contributed by atoms with Crippen molar-refractivity contribution >= 4 is 38.3 Å². The lowest BCUT2D eigenvalue weighted by Crippen LogP contribution is -2.26. The van der Waals surface area contributed by atoms with Gasteiger partial charge in [0.25, 0.3) is 5.56 Å². The lowest BCUT2D eigenvalue weighted by molar-refractivity contribution is -0.116. The Morgan fingerprint density at radius 2 is 1.55 bits per heavy atom. The molecule has 0 atom stereocenters. The molecule has 0 aliphatic carbocycles. The summed E-state index contributed by atoms with van der Waals surface area (Å²) in [6.45, 7) is 0.200. The number of carbonyl (C=O) groups is 1. The van der Waals surface area contributed by atoms with Gasteiger partial charge in [0, 0.05) is 27.5 Å². The Morgan fingerprint density at radius 1 is 0.897 bits per heavy atom. The van der Waals surface area contributed by atoms with Crippen molar-refractivity contribution in [1.29, 1.82) is 0 Å². The van der Waals surface area contributed by atoms with Crippen molar-refractivity contribution in [2.75, 3.05) is 5.32 Å². The predicted molar refractivity (Wildman–Crippen MR) is 119 cm³/mol. The van der Waals surface area contributed by atoms with E-state index in [0.717, 1.165) is 21.1 Å². The zero-order valence-corrected chi connectivity index (χ0v) is 17.1. The standard InChI is InChI=1S/C23H18BrN3O2/c24-17-10-12-18(13-11-17)25-21(28)14-15-27-23(29)20-9-5-4-8-19(20)22(26-27)16-6-2-1-3-7-16/h1-13H,14-15H2,(H,25,28). The molecule has 0 fully saturated rings. The van der Waals surface area contributed by atoms with Crippen LogP contribution in [0.15, 0.2) is 88.1 Å². The molecule has 3 aromatic carbocycles. The third kappa shape index (κ3) is 4.27. The van der Waals surface area contributed by atoms with Crippen molar-refractivity contribution in [2.45, 2.75) is 13.0 Å². The number of amides is 1. The van der Waals surface area contributed by atoms with E-state index in [2.05, 4.69) is 26.3 Å².